The lowest BCUT2D eigenvalue weighted by Crippen LogP contribution is -2.41. The molecule has 1 heterocycles. The summed E-state index contributed by atoms with van der Waals surface area (Å²) >= 11 is 4.97. The van der Waals surface area contributed by atoms with Crippen LogP contribution in [0.5, 0.6) is 5.75 Å². The Morgan fingerprint density at radius 2 is 2.04 bits per heavy atom. The number of carbonyl (C=O) groups is 2. The normalized spacial score (nSPS) is 10.4. The van der Waals surface area contributed by atoms with Crippen LogP contribution in [0, 0.1) is 6.92 Å². The highest BCUT2D eigenvalue weighted by molar-refractivity contribution is 7.80. The van der Waals surface area contributed by atoms with E-state index in [2.05, 4.69) is 10.6 Å². The number of furan rings is 1. The van der Waals surface area contributed by atoms with Gasteiger partial charge in [0, 0.05) is 6.08 Å². The van der Waals surface area contributed by atoms with E-state index in [9.17, 15) is 9.59 Å². The molecular weight excluding hydrogens is 340 g/mol. The first-order valence-corrected chi connectivity index (χ1v) is 7.96. The van der Waals surface area contributed by atoms with E-state index >= 15 is 0 Å². The number of nitrogens with one attached hydrogen (secondary N) is 2. The van der Waals surface area contributed by atoms with Crippen LogP contribution in [0.15, 0.2) is 53.2 Å². The molecular formula is C18H18N2O4S. The van der Waals surface area contributed by atoms with Crippen LogP contribution in [0.2, 0.25) is 0 Å². The highest BCUT2D eigenvalue weighted by atomic mass is 32.1. The predicted molar refractivity (Wildman–Crippen MR) is 98.2 cm³/mol. The third kappa shape index (κ3) is 6.60. The zero-order chi connectivity index (χ0) is 18.1. The zero-order valence-corrected chi connectivity index (χ0v) is 14.5. The lowest BCUT2D eigenvalue weighted by atomic mass is 10.2. The zero-order valence-electron chi connectivity index (χ0n) is 13.7. The molecule has 2 aromatic rings. The molecule has 2 N–H and O–H groups in total. The topological polar surface area (TPSA) is 80.6 Å². The molecule has 0 saturated carbocycles. The third-order valence-corrected chi connectivity index (χ3v) is 3.35. The second-order valence-corrected chi connectivity index (χ2v) is 5.52. The molecule has 130 valence electrons. The second kappa shape index (κ2) is 9.39. The van der Waals surface area contributed by atoms with Gasteiger partial charge in [-0.1, -0.05) is 18.2 Å². The molecule has 0 saturated heterocycles. The Kier molecular flexibility index (Phi) is 6.91. The first-order valence-electron chi connectivity index (χ1n) is 7.55. The van der Waals surface area contributed by atoms with Crippen LogP contribution in [-0.2, 0) is 9.59 Å². The van der Waals surface area contributed by atoms with Crippen molar-refractivity contribution in [2.45, 2.75) is 6.92 Å². The van der Waals surface area contributed by atoms with Crippen molar-refractivity contribution in [3.63, 3.8) is 0 Å². The third-order valence-electron chi connectivity index (χ3n) is 3.11. The van der Waals surface area contributed by atoms with Crippen molar-refractivity contribution >= 4 is 35.1 Å². The smallest absolute Gasteiger partial charge is 0.250 e. The van der Waals surface area contributed by atoms with Crippen LogP contribution in [0.1, 0.15) is 11.3 Å². The Bertz CT molecular complexity index is 769. The molecule has 2 rings (SSSR count). The monoisotopic (exact) mass is 358 g/mol. The Labute approximate surface area is 150 Å². The molecule has 0 aliphatic rings. The van der Waals surface area contributed by atoms with Crippen LogP contribution < -0.4 is 15.4 Å². The summed E-state index contributed by atoms with van der Waals surface area (Å²) in [7, 11) is 0. The fourth-order valence-corrected chi connectivity index (χ4v) is 2.02. The van der Waals surface area contributed by atoms with E-state index in [0.29, 0.717) is 11.5 Å². The van der Waals surface area contributed by atoms with E-state index in [0.717, 1.165) is 5.56 Å². The molecule has 0 atom stereocenters. The summed E-state index contributed by atoms with van der Waals surface area (Å²) in [5.41, 5.74) is 0.953. The lowest BCUT2D eigenvalue weighted by molar-refractivity contribution is -0.120. The van der Waals surface area contributed by atoms with Crippen LogP contribution in [0.3, 0.4) is 0 Å². The summed E-state index contributed by atoms with van der Waals surface area (Å²) in [6.45, 7) is 1.79. The maximum absolute atomic E-state index is 11.8. The summed E-state index contributed by atoms with van der Waals surface area (Å²) < 4.78 is 10.5. The lowest BCUT2D eigenvalue weighted by Gasteiger charge is -2.10. The van der Waals surface area contributed by atoms with Crippen molar-refractivity contribution in [1.29, 1.82) is 0 Å². The first kappa shape index (κ1) is 18.4. The molecule has 0 spiro atoms. The molecule has 6 nitrogen and oxygen atoms in total. The molecule has 0 unspecified atom stereocenters. The molecule has 1 amide bonds. The van der Waals surface area contributed by atoms with Gasteiger partial charge in [0.25, 0.3) is 0 Å². The van der Waals surface area contributed by atoms with Crippen LogP contribution in [-0.4, -0.2) is 30.0 Å². The molecule has 0 bridgehead atoms. The fraction of sp³-hybridized carbons (Fsp3) is 0.167. The quantitative estimate of drug-likeness (QED) is 0.584. The number of Topliss-reactive ketones (excluding diaryl/α,β-unsaturated/α-hetero) is 1. The SMILES string of the molecule is Cc1ccccc1OCC(=O)CNC(=S)NC(=O)/C=C/c1ccco1. The largest absolute Gasteiger partial charge is 0.485 e. The standard InChI is InChI=1S/C18H18N2O4S/c1-13-5-2-3-7-16(13)24-12-14(21)11-19-18(25)20-17(22)9-8-15-6-4-10-23-15/h2-10H,11-12H2,1H3,(H2,19,20,22,25)/b9-8+. The van der Waals surface area contributed by atoms with E-state index in [1.165, 1.54) is 18.4 Å². The van der Waals surface area contributed by atoms with Crippen molar-refractivity contribution in [2.75, 3.05) is 13.2 Å². The van der Waals surface area contributed by atoms with Crippen molar-refractivity contribution in [3.8, 4) is 5.75 Å². The van der Waals surface area contributed by atoms with Crippen molar-refractivity contribution in [2.24, 2.45) is 0 Å². The number of aryl methyl sites for hydroxylation is 1. The second-order valence-electron chi connectivity index (χ2n) is 5.11. The highest BCUT2D eigenvalue weighted by Gasteiger charge is 2.07. The average Bonchev–Trinajstić information content (AvgIpc) is 3.11. The average molecular weight is 358 g/mol. The summed E-state index contributed by atoms with van der Waals surface area (Å²) in [5, 5.41) is 5.18. The summed E-state index contributed by atoms with van der Waals surface area (Å²) in [6.07, 6.45) is 4.31. The predicted octanol–water partition coefficient (Wildman–Crippen LogP) is 2.24. The number of ketones is 1. The maximum Gasteiger partial charge on any atom is 0.250 e. The van der Waals surface area contributed by atoms with Gasteiger partial charge < -0.3 is 14.5 Å². The van der Waals surface area contributed by atoms with Crippen molar-refractivity contribution in [1.82, 2.24) is 10.6 Å². The van der Waals surface area contributed by atoms with Gasteiger partial charge in [-0.3, -0.25) is 14.9 Å². The number of amides is 1. The number of carbonyl (C=O) groups excluding carboxylic acids is 2. The molecule has 7 heteroatoms. The van der Waals surface area contributed by atoms with Gasteiger partial charge >= 0.3 is 0 Å². The minimum atomic E-state index is -0.419. The van der Waals surface area contributed by atoms with Crippen LogP contribution in [0.25, 0.3) is 6.08 Å². The van der Waals surface area contributed by atoms with Gasteiger partial charge in [0.05, 0.1) is 12.8 Å². The first-order chi connectivity index (χ1) is 12.0. The van der Waals surface area contributed by atoms with Gasteiger partial charge in [-0.05, 0) is 49.0 Å². The van der Waals surface area contributed by atoms with Crippen molar-refractivity contribution in [3.05, 3.63) is 60.1 Å². The van der Waals surface area contributed by atoms with Gasteiger partial charge in [0.1, 0.15) is 18.1 Å². The van der Waals surface area contributed by atoms with Gasteiger partial charge in [-0.15, -0.1) is 0 Å². The van der Waals surface area contributed by atoms with E-state index in [-0.39, 0.29) is 24.0 Å². The number of ether oxygens (including phenoxy) is 1. The summed E-state index contributed by atoms with van der Waals surface area (Å²) in [4.78, 5) is 23.5. The van der Waals surface area contributed by atoms with Gasteiger partial charge in [0.2, 0.25) is 5.91 Å². The number of benzene rings is 1. The van der Waals surface area contributed by atoms with E-state index < -0.39 is 5.91 Å². The van der Waals surface area contributed by atoms with Crippen LogP contribution in [0.4, 0.5) is 0 Å². The van der Waals surface area contributed by atoms with Gasteiger partial charge in [-0.25, -0.2) is 0 Å². The number of hydrogen-bond acceptors (Lipinski definition) is 5. The number of rotatable bonds is 7. The van der Waals surface area contributed by atoms with Gasteiger partial charge in [-0.2, -0.15) is 0 Å². The number of thiocarbonyl (C=S) groups is 1. The minimum absolute atomic E-state index is 0.0348. The summed E-state index contributed by atoms with van der Waals surface area (Å²) in [5.74, 6) is 0.607. The van der Waals surface area contributed by atoms with Crippen LogP contribution >= 0.6 is 12.2 Å². The van der Waals surface area contributed by atoms with E-state index in [1.807, 2.05) is 25.1 Å². The molecule has 25 heavy (non-hydrogen) atoms. The highest BCUT2D eigenvalue weighted by Crippen LogP contribution is 2.15. The summed E-state index contributed by atoms with van der Waals surface area (Å²) in [6, 6.07) is 10.9. The Balaban J connectivity index is 1.68. The van der Waals surface area contributed by atoms with E-state index in [4.69, 9.17) is 21.4 Å². The van der Waals surface area contributed by atoms with Gasteiger partial charge in [0.15, 0.2) is 10.9 Å². The van der Waals surface area contributed by atoms with E-state index in [1.54, 1.807) is 18.2 Å². The molecule has 1 aromatic carbocycles. The number of hydrogen-bond donors (Lipinski definition) is 2. The maximum atomic E-state index is 11.8. The minimum Gasteiger partial charge on any atom is -0.485 e. The molecule has 0 radical (unpaired) electrons. The Hall–Kier alpha value is -2.93. The Morgan fingerprint density at radius 1 is 1.24 bits per heavy atom. The Morgan fingerprint density at radius 3 is 2.76 bits per heavy atom. The molecule has 0 aliphatic heterocycles. The molecule has 1 aromatic heterocycles. The molecule has 0 fully saturated rings. The molecule has 0 aliphatic carbocycles. The fourth-order valence-electron chi connectivity index (χ4n) is 1.85. The number of para-hydroxylation sites is 1. The van der Waals surface area contributed by atoms with Crippen molar-refractivity contribution < 1.29 is 18.7 Å².